The number of nitrogens with zero attached hydrogens (tertiary/aromatic N) is 3. The minimum Gasteiger partial charge on any atom is -0.444 e. The van der Waals surface area contributed by atoms with Crippen LogP contribution in [0.1, 0.15) is 57.3 Å². The van der Waals surface area contributed by atoms with Gasteiger partial charge in [0.25, 0.3) is 0 Å². The molecule has 2 aromatic heterocycles. The summed E-state index contributed by atoms with van der Waals surface area (Å²) in [5, 5.41) is 4.18. The summed E-state index contributed by atoms with van der Waals surface area (Å²) in [5.41, 5.74) is 3.62. The molecule has 1 aliphatic rings. The van der Waals surface area contributed by atoms with Crippen LogP contribution in [0.3, 0.4) is 0 Å². The Morgan fingerprint density at radius 3 is 2.83 bits per heavy atom. The predicted octanol–water partition coefficient (Wildman–Crippen LogP) is 5.99. The first-order chi connectivity index (χ1) is 13.9. The molecule has 29 heavy (non-hydrogen) atoms. The highest BCUT2D eigenvalue weighted by atomic mass is 32.1. The molecule has 1 aliphatic heterocycles. The van der Waals surface area contributed by atoms with E-state index in [2.05, 4.69) is 24.4 Å². The van der Waals surface area contributed by atoms with E-state index >= 15 is 0 Å². The van der Waals surface area contributed by atoms with Gasteiger partial charge in [-0.25, -0.2) is 9.78 Å². The molecular formula is C23H27N3O2S. The van der Waals surface area contributed by atoms with Gasteiger partial charge in [0, 0.05) is 28.6 Å². The minimum atomic E-state index is -0.495. The summed E-state index contributed by atoms with van der Waals surface area (Å²) in [6.07, 6.45) is 2.52. The van der Waals surface area contributed by atoms with Crippen LogP contribution in [0.5, 0.6) is 0 Å². The summed E-state index contributed by atoms with van der Waals surface area (Å²) in [6, 6.07) is 10.3. The Balaban J connectivity index is 1.67. The van der Waals surface area contributed by atoms with Crippen LogP contribution in [-0.2, 0) is 11.2 Å². The fourth-order valence-electron chi connectivity index (χ4n) is 3.75. The molecule has 0 N–H and O–H groups in total. The first-order valence-electron chi connectivity index (χ1n) is 10.2. The van der Waals surface area contributed by atoms with Gasteiger partial charge >= 0.3 is 6.09 Å². The summed E-state index contributed by atoms with van der Waals surface area (Å²) < 4.78 is 5.61. The van der Waals surface area contributed by atoms with Gasteiger partial charge in [0.2, 0.25) is 0 Å². The molecule has 4 rings (SSSR count). The Labute approximate surface area is 175 Å². The number of hydrogen-bond acceptors (Lipinski definition) is 5. The number of likely N-dealkylation sites (tertiary alicyclic amines) is 1. The quantitative estimate of drug-likeness (QED) is 0.533. The molecule has 0 bridgehead atoms. The maximum absolute atomic E-state index is 12.7. The van der Waals surface area contributed by atoms with Gasteiger partial charge in [0.1, 0.15) is 10.6 Å². The Bertz CT molecular complexity index is 1040. The van der Waals surface area contributed by atoms with Crippen molar-refractivity contribution in [3.8, 4) is 11.3 Å². The lowest BCUT2D eigenvalue weighted by Gasteiger charge is -2.27. The largest absolute Gasteiger partial charge is 0.444 e. The second-order valence-electron chi connectivity index (χ2n) is 8.43. The number of ether oxygens (including phenoxy) is 1. The van der Waals surface area contributed by atoms with Gasteiger partial charge in [-0.1, -0.05) is 25.1 Å². The number of aromatic nitrogens is 2. The fraction of sp³-hybridized carbons (Fsp3) is 0.435. The fourth-order valence-corrected chi connectivity index (χ4v) is 4.72. The van der Waals surface area contributed by atoms with E-state index in [9.17, 15) is 4.79 Å². The van der Waals surface area contributed by atoms with E-state index in [-0.39, 0.29) is 12.1 Å². The molecule has 6 heteroatoms. The zero-order chi connectivity index (χ0) is 20.6. The molecule has 3 heterocycles. The van der Waals surface area contributed by atoms with Crippen molar-refractivity contribution in [3.05, 3.63) is 46.4 Å². The second-order valence-corrected chi connectivity index (χ2v) is 9.32. The van der Waals surface area contributed by atoms with Gasteiger partial charge in [-0.2, -0.15) is 0 Å². The third-order valence-electron chi connectivity index (χ3n) is 5.10. The SMILES string of the molecule is CCc1cc(-c2csc([C@@H]3CCCN3C(=O)OC(C)(C)C)n2)c2ccccc2n1. The summed E-state index contributed by atoms with van der Waals surface area (Å²) in [4.78, 5) is 24.2. The van der Waals surface area contributed by atoms with Crippen molar-refractivity contribution in [3.63, 3.8) is 0 Å². The van der Waals surface area contributed by atoms with Gasteiger partial charge in [0.15, 0.2) is 0 Å². The molecule has 1 saturated heterocycles. The van der Waals surface area contributed by atoms with Crippen molar-refractivity contribution in [1.82, 2.24) is 14.9 Å². The monoisotopic (exact) mass is 409 g/mol. The van der Waals surface area contributed by atoms with Crippen molar-refractivity contribution in [1.29, 1.82) is 0 Å². The van der Waals surface area contributed by atoms with Crippen molar-refractivity contribution in [2.45, 2.75) is 58.6 Å². The molecule has 1 aromatic carbocycles. The van der Waals surface area contributed by atoms with Crippen LogP contribution < -0.4 is 0 Å². The average Bonchev–Trinajstić information content (AvgIpc) is 3.35. The van der Waals surface area contributed by atoms with Crippen molar-refractivity contribution >= 4 is 28.3 Å². The number of pyridine rings is 1. The molecule has 1 amide bonds. The van der Waals surface area contributed by atoms with E-state index in [1.54, 1.807) is 11.3 Å². The van der Waals surface area contributed by atoms with Gasteiger partial charge in [0.05, 0.1) is 17.3 Å². The molecule has 152 valence electrons. The molecular weight excluding hydrogens is 382 g/mol. The van der Waals surface area contributed by atoms with Crippen LogP contribution in [0.25, 0.3) is 22.2 Å². The van der Waals surface area contributed by atoms with E-state index in [1.807, 2.05) is 43.9 Å². The van der Waals surface area contributed by atoms with E-state index < -0.39 is 5.60 Å². The summed E-state index contributed by atoms with van der Waals surface area (Å²) in [6.45, 7) is 8.53. The number of rotatable bonds is 3. The maximum atomic E-state index is 12.7. The third-order valence-corrected chi connectivity index (χ3v) is 6.04. The van der Waals surface area contributed by atoms with Gasteiger partial charge in [-0.3, -0.25) is 9.88 Å². The molecule has 0 aliphatic carbocycles. The highest BCUT2D eigenvalue weighted by molar-refractivity contribution is 7.10. The molecule has 0 radical (unpaired) electrons. The topological polar surface area (TPSA) is 55.3 Å². The third kappa shape index (κ3) is 4.13. The molecule has 0 unspecified atom stereocenters. The first kappa shape index (κ1) is 19.8. The molecule has 5 nitrogen and oxygen atoms in total. The van der Waals surface area contributed by atoms with Gasteiger partial charge < -0.3 is 4.74 Å². The Morgan fingerprint density at radius 2 is 2.07 bits per heavy atom. The predicted molar refractivity (Wildman–Crippen MR) is 117 cm³/mol. The van der Waals surface area contributed by atoms with Crippen molar-refractivity contribution in [2.75, 3.05) is 6.54 Å². The normalized spacial score (nSPS) is 17.1. The molecule has 1 atom stereocenters. The smallest absolute Gasteiger partial charge is 0.410 e. The van der Waals surface area contributed by atoms with Crippen molar-refractivity contribution < 1.29 is 9.53 Å². The minimum absolute atomic E-state index is 0.0117. The van der Waals surface area contributed by atoms with E-state index in [1.165, 1.54) is 0 Å². The Hall–Kier alpha value is -2.47. The highest BCUT2D eigenvalue weighted by Gasteiger charge is 2.35. The van der Waals surface area contributed by atoms with Gasteiger partial charge in [-0.05, 0) is 52.2 Å². The summed E-state index contributed by atoms with van der Waals surface area (Å²) in [7, 11) is 0. The first-order valence-corrected chi connectivity index (χ1v) is 11.1. The van der Waals surface area contributed by atoms with Crippen LogP contribution in [0, 0.1) is 0 Å². The summed E-state index contributed by atoms with van der Waals surface area (Å²) >= 11 is 1.62. The lowest BCUT2D eigenvalue weighted by atomic mass is 10.0. The standard InChI is InChI=1S/C23H27N3O2S/c1-5-15-13-17(16-9-6-7-10-18(16)24-15)19-14-29-21(25-19)20-11-8-12-26(20)22(27)28-23(2,3)4/h6-7,9-10,13-14,20H,5,8,11-12H2,1-4H3/t20-/m0/s1. The molecule has 0 saturated carbocycles. The van der Waals surface area contributed by atoms with Crippen LogP contribution >= 0.6 is 11.3 Å². The number of carbonyl (C=O) groups is 1. The number of thiazole rings is 1. The van der Waals surface area contributed by atoms with Crippen LogP contribution in [0.15, 0.2) is 35.7 Å². The number of hydrogen-bond donors (Lipinski definition) is 0. The number of aryl methyl sites for hydroxylation is 1. The number of carbonyl (C=O) groups excluding carboxylic acids is 1. The van der Waals surface area contributed by atoms with E-state index in [0.717, 1.165) is 52.1 Å². The number of para-hydroxylation sites is 1. The van der Waals surface area contributed by atoms with E-state index in [0.29, 0.717) is 6.54 Å². The van der Waals surface area contributed by atoms with Crippen molar-refractivity contribution in [2.24, 2.45) is 0 Å². The lowest BCUT2D eigenvalue weighted by Crippen LogP contribution is -2.36. The second kappa shape index (κ2) is 7.75. The van der Waals surface area contributed by atoms with Crippen LogP contribution in [-0.4, -0.2) is 33.1 Å². The lowest BCUT2D eigenvalue weighted by molar-refractivity contribution is 0.0224. The maximum Gasteiger partial charge on any atom is 0.410 e. The Kier molecular flexibility index (Phi) is 5.30. The van der Waals surface area contributed by atoms with Crippen LogP contribution in [0.4, 0.5) is 4.79 Å². The molecule has 1 fully saturated rings. The highest BCUT2D eigenvalue weighted by Crippen LogP contribution is 2.37. The van der Waals surface area contributed by atoms with Gasteiger partial charge in [-0.15, -0.1) is 11.3 Å². The molecule has 3 aromatic rings. The van der Waals surface area contributed by atoms with E-state index in [4.69, 9.17) is 14.7 Å². The number of benzene rings is 1. The number of amides is 1. The molecule has 0 spiro atoms. The van der Waals surface area contributed by atoms with Crippen LogP contribution in [0.2, 0.25) is 0 Å². The zero-order valence-corrected chi connectivity index (χ0v) is 18.3. The number of fused-ring (bicyclic) bond motifs is 1. The zero-order valence-electron chi connectivity index (χ0n) is 17.4. The Morgan fingerprint density at radius 1 is 1.28 bits per heavy atom. The average molecular weight is 410 g/mol. The summed E-state index contributed by atoms with van der Waals surface area (Å²) in [5.74, 6) is 0.